The van der Waals surface area contributed by atoms with Crippen molar-refractivity contribution in [2.75, 3.05) is 0 Å². The highest BCUT2D eigenvalue weighted by atomic mass is 15.0. The van der Waals surface area contributed by atoms with Crippen LogP contribution >= 0.6 is 0 Å². The van der Waals surface area contributed by atoms with Gasteiger partial charge in [-0.2, -0.15) is 0 Å². The van der Waals surface area contributed by atoms with Crippen molar-refractivity contribution in [2.45, 2.75) is 127 Å². The Morgan fingerprint density at radius 2 is 1.52 bits per heavy atom. The van der Waals surface area contributed by atoms with Gasteiger partial charge >= 0.3 is 0 Å². The summed E-state index contributed by atoms with van der Waals surface area (Å²) in [6, 6.07) is 0. The van der Waals surface area contributed by atoms with Crippen molar-refractivity contribution in [1.29, 1.82) is 0 Å². The molecule has 0 heterocycles. The van der Waals surface area contributed by atoms with Crippen molar-refractivity contribution in [3.8, 4) is 0 Å². The third-order valence-electron chi connectivity index (χ3n) is 15.4. The molecule has 0 amide bonds. The van der Waals surface area contributed by atoms with E-state index in [1.54, 1.807) is 19.3 Å². The topological polar surface area (TPSA) is 0 Å². The second-order valence-electron chi connectivity index (χ2n) is 16.7. The summed E-state index contributed by atoms with van der Waals surface area (Å²) in [5, 5.41) is 0. The Morgan fingerprint density at radius 1 is 0.848 bits per heavy atom. The summed E-state index contributed by atoms with van der Waals surface area (Å²) in [4.78, 5) is 0. The number of rotatable bonds is 5. The third-order valence-corrected chi connectivity index (χ3v) is 15.4. The Bertz CT molecular complexity index is 833. The van der Waals surface area contributed by atoms with Gasteiger partial charge in [0.25, 0.3) is 0 Å². The molecule has 0 heteroatoms. The molecule has 0 nitrogen and oxygen atoms in total. The second kappa shape index (κ2) is 6.46. The fourth-order valence-electron chi connectivity index (χ4n) is 13.8. The molecular formula is C33H56. The summed E-state index contributed by atoms with van der Waals surface area (Å²) in [7, 11) is 0. The van der Waals surface area contributed by atoms with Crippen LogP contribution in [0.4, 0.5) is 0 Å². The van der Waals surface area contributed by atoms with E-state index >= 15 is 0 Å². The van der Waals surface area contributed by atoms with E-state index in [0.717, 1.165) is 58.2 Å². The predicted octanol–water partition coefficient (Wildman–Crippen LogP) is 9.63. The molecule has 0 radical (unpaired) electrons. The van der Waals surface area contributed by atoms with Crippen LogP contribution in [0.5, 0.6) is 0 Å². The Labute approximate surface area is 206 Å². The molecule has 2 spiro atoms. The van der Waals surface area contributed by atoms with Gasteiger partial charge in [0.05, 0.1) is 0 Å². The van der Waals surface area contributed by atoms with Crippen LogP contribution in [0.15, 0.2) is 0 Å². The van der Waals surface area contributed by atoms with E-state index in [0.29, 0.717) is 21.7 Å². The fourth-order valence-corrected chi connectivity index (χ4v) is 13.8. The zero-order chi connectivity index (χ0) is 24.0. The van der Waals surface area contributed by atoms with Crippen LogP contribution in [0.2, 0.25) is 0 Å². The minimum atomic E-state index is 0.541. The third kappa shape index (κ3) is 2.38. The maximum atomic E-state index is 2.88. The molecule has 33 heavy (non-hydrogen) atoms. The van der Waals surface area contributed by atoms with E-state index in [9.17, 15) is 0 Å². The Kier molecular flexibility index (Phi) is 4.58. The lowest BCUT2D eigenvalue weighted by Gasteiger charge is -2.59. The first-order chi connectivity index (χ1) is 15.3. The summed E-state index contributed by atoms with van der Waals surface area (Å²) in [6.45, 7) is 26.5. The van der Waals surface area contributed by atoms with Crippen molar-refractivity contribution < 1.29 is 0 Å². The molecule has 12 unspecified atom stereocenters. The molecule has 0 N–H and O–H groups in total. The monoisotopic (exact) mass is 452 g/mol. The van der Waals surface area contributed by atoms with E-state index in [1.165, 1.54) is 38.5 Å². The molecule has 6 fully saturated rings. The van der Waals surface area contributed by atoms with E-state index in [2.05, 4.69) is 69.2 Å². The fraction of sp³-hybridized carbons (Fsp3) is 1.00. The van der Waals surface area contributed by atoms with Gasteiger partial charge < -0.3 is 0 Å². The minimum Gasteiger partial charge on any atom is -0.0649 e. The molecule has 12 atom stereocenters. The average Bonchev–Trinajstić information content (AvgIpc) is 2.90. The van der Waals surface area contributed by atoms with Gasteiger partial charge in [0.1, 0.15) is 0 Å². The van der Waals surface area contributed by atoms with Gasteiger partial charge in [-0.05, 0) is 125 Å². The molecule has 0 aromatic rings. The van der Waals surface area contributed by atoms with E-state index in [4.69, 9.17) is 0 Å². The first-order valence-corrected chi connectivity index (χ1v) is 15.3. The second-order valence-corrected chi connectivity index (χ2v) is 16.7. The quantitative estimate of drug-likeness (QED) is 0.389. The molecule has 6 aliphatic rings. The van der Waals surface area contributed by atoms with Gasteiger partial charge in [0, 0.05) is 0 Å². The molecule has 0 saturated heterocycles. The molecule has 0 aliphatic heterocycles. The van der Waals surface area contributed by atoms with Crippen LogP contribution in [0.1, 0.15) is 127 Å². The number of hydrogen-bond acceptors (Lipinski definition) is 0. The Balaban J connectivity index is 1.48. The molecule has 0 aromatic carbocycles. The maximum Gasteiger partial charge on any atom is -0.0145 e. The average molecular weight is 453 g/mol. The van der Waals surface area contributed by atoms with Crippen LogP contribution in [0.3, 0.4) is 0 Å². The van der Waals surface area contributed by atoms with Crippen LogP contribution in [-0.2, 0) is 0 Å². The van der Waals surface area contributed by atoms with Crippen LogP contribution in [0, 0.1) is 79.8 Å². The lowest BCUT2D eigenvalue weighted by Crippen LogP contribution is -2.54. The summed E-state index contributed by atoms with van der Waals surface area (Å²) in [5.41, 5.74) is 3.77. The normalized spacial score (nSPS) is 59.8. The van der Waals surface area contributed by atoms with Crippen molar-refractivity contribution in [2.24, 2.45) is 79.8 Å². The predicted molar refractivity (Wildman–Crippen MR) is 141 cm³/mol. The van der Waals surface area contributed by atoms with Crippen LogP contribution < -0.4 is 0 Å². The number of fused-ring (bicyclic) bond motifs is 2. The SMILES string of the molecule is CCC(C)(CC)CCC1C2CC(C)(C)CC2(C)C23C1CC(C)C(C)C2C1CC2(C)CC12C3C. The highest BCUT2D eigenvalue weighted by molar-refractivity contribution is 5.39. The van der Waals surface area contributed by atoms with Gasteiger partial charge in [-0.3, -0.25) is 0 Å². The van der Waals surface area contributed by atoms with Crippen molar-refractivity contribution >= 4 is 0 Å². The molecule has 0 bridgehead atoms. The highest BCUT2D eigenvalue weighted by Crippen LogP contribution is 2.97. The van der Waals surface area contributed by atoms with Crippen LogP contribution in [-0.4, -0.2) is 0 Å². The number of hydrogen-bond donors (Lipinski definition) is 0. The molecular weight excluding hydrogens is 396 g/mol. The Hall–Kier alpha value is 0. The van der Waals surface area contributed by atoms with Gasteiger partial charge in [0.15, 0.2) is 0 Å². The van der Waals surface area contributed by atoms with E-state index in [-0.39, 0.29) is 0 Å². The first kappa shape index (κ1) is 23.4. The standard InChI is InChI=1S/C33H56/c1-11-29(8,12-2)14-13-23-24-15-20(3)21(4)27-26-17-30(9)19-32(26,30)22(5)33(24,27)31(10)18-28(6,7)16-25(23)31/h20-27H,11-19H2,1-10H3. The lowest BCUT2D eigenvalue weighted by atomic mass is 9.45. The summed E-state index contributed by atoms with van der Waals surface area (Å²) in [6.07, 6.45) is 13.4. The van der Waals surface area contributed by atoms with Gasteiger partial charge in [0.2, 0.25) is 0 Å². The van der Waals surface area contributed by atoms with Gasteiger partial charge in [-0.1, -0.05) is 82.1 Å². The summed E-state index contributed by atoms with van der Waals surface area (Å²) in [5.74, 6) is 7.91. The minimum absolute atomic E-state index is 0.541. The van der Waals surface area contributed by atoms with E-state index in [1.807, 2.05) is 0 Å². The van der Waals surface area contributed by atoms with Crippen LogP contribution in [0.25, 0.3) is 0 Å². The highest BCUT2D eigenvalue weighted by Gasteiger charge is 2.91. The molecule has 188 valence electrons. The molecule has 6 aliphatic carbocycles. The zero-order valence-corrected chi connectivity index (χ0v) is 24.0. The van der Waals surface area contributed by atoms with Gasteiger partial charge in [-0.15, -0.1) is 0 Å². The molecule has 6 rings (SSSR count). The smallest absolute Gasteiger partial charge is 0.0145 e. The van der Waals surface area contributed by atoms with E-state index < -0.39 is 0 Å². The summed E-state index contributed by atoms with van der Waals surface area (Å²) < 4.78 is 0. The van der Waals surface area contributed by atoms with Gasteiger partial charge in [-0.25, -0.2) is 0 Å². The van der Waals surface area contributed by atoms with Crippen molar-refractivity contribution in [1.82, 2.24) is 0 Å². The zero-order valence-electron chi connectivity index (χ0n) is 24.0. The van der Waals surface area contributed by atoms with Crippen molar-refractivity contribution in [3.05, 3.63) is 0 Å². The summed E-state index contributed by atoms with van der Waals surface area (Å²) >= 11 is 0. The maximum absolute atomic E-state index is 2.88. The van der Waals surface area contributed by atoms with Crippen molar-refractivity contribution in [3.63, 3.8) is 0 Å². The largest absolute Gasteiger partial charge is 0.0649 e. The molecule has 0 aromatic heterocycles. The Morgan fingerprint density at radius 3 is 2.09 bits per heavy atom. The first-order valence-electron chi connectivity index (χ1n) is 15.3. The lowest BCUT2D eigenvalue weighted by molar-refractivity contribution is -0.119. The molecule has 6 saturated carbocycles.